The number of aromatic nitrogens is 4. The van der Waals surface area contributed by atoms with Crippen molar-refractivity contribution in [2.24, 2.45) is 0 Å². The topological polar surface area (TPSA) is 390 Å². The Hall–Kier alpha value is -4.05. The predicted octanol–water partition coefficient (Wildman–Crippen LogP) is -2.92. The molecule has 0 aromatic carbocycles. The van der Waals surface area contributed by atoms with Crippen molar-refractivity contribution in [2.45, 2.75) is 87.0 Å². The van der Waals surface area contributed by atoms with Crippen molar-refractivity contribution < 1.29 is 85.6 Å². The van der Waals surface area contributed by atoms with Gasteiger partial charge in [-0.2, -0.15) is 9.15 Å². The molecule has 27 nitrogen and oxygen atoms in total. The Morgan fingerprint density at radius 2 is 1.15 bits per heavy atom. The summed E-state index contributed by atoms with van der Waals surface area (Å²) in [7, 11) is -6.69. The lowest BCUT2D eigenvalue weighted by Gasteiger charge is -2.27. The minimum atomic E-state index is -4.91. The molecule has 12 atom stereocenters. The number of hydrogen-bond acceptors (Lipinski definition) is 20. The molecule has 2 aromatic heterocycles. The number of hydrogen-bond donors (Lipinski definition) is 10. The molecule has 4 aliphatic heterocycles. The zero-order chi connectivity index (χ0) is 45.6. The Kier molecular flexibility index (Phi) is 13.9. The van der Waals surface area contributed by atoms with Gasteiger partial charge in [-0.3, -0.25) is 37.7 Å². The van der Waals surface area contributed by atoms with Crippen LogP contribution in [0.3, 0.4) is 0 Å². The number of nitrogen functional groups attached to an aromatic ring is 2. The summed E-state index contributed by atoms with van der Waals surface area (Å²) in [5, 5.41) is 43.0. The van der Waals surface area contributed by atoms with E-state index in [1.807, 2.05) is 0 Å². The van der Waals surface area contributed by atoms with Crippen LogP contribution in [-0.2, 0) is 41.4 Å². The molecule has 29 heteroatoms. The first-order chi connectivity index (χ1) is 28.9. The molecular formula is C33H51N9O18P2+2. The number of amides is 1. The van der Waals surface area contributed by atoms with Gasteiger partial charge in [0.2, 0.25) is 11.9 Å². The number of aliphatic hydroxyl groups is 4. The van der Waals surface area contributed by atoms with Gasteiger partial charge in [-0.1, -0.05) is 0 Å². The van der Waals surface area contributed by atoms with E-state index >= 15 is 0 Å². The standard InChI is InChI=1S/C33H49N9O18P2/c1-33(2,3)60-32(49)42(6-8-54-61(50,51)56-12-16-22(43)24(45)26(58-16)14-10-40(4)20-18(14)36-30(34)38-28(20)47)7-9-55-62(52,53)57-13-17-23(44)25(46)27(59-17)15-11-41(5)21-19(15)37-31(35)39-29(21)48/h10-11,14-17,22-27,43-46H,6-9,12-13H2,1-5H3,(H6-2,34,35,36,37,38,39,47,48,50,51,52,53)/p+2/t14?,15?,16-,17-,22-,23-,24-,25-,26+,27+/m1/s1. The molecule has 6 rings (SSSR count). The zero-order valence-electron chi connectivity index (χ0n) is 34.0. The number of phosphoric acid groups is 2. The lowest BCUT2D eigenvalue weighted by atomic mass is 9.95. The Bertz CT molecular complexity index is 2160. The highest BCUT2D eigenvalue weighted by molar-refractivity contribution is 7.47. The van der Waals surface area contributed by atoms with Crippen LogP contribution in [0.2, 0.25) is 0 Å². The summed E-state index contributed by atoms with van der Waals surface area (Å²) in [5.41, 5.74) is 10.0. The van der Waals surface area contributed by atoms with Gasteiger partial charge in [-0.15, -0.1) is 0 Å². The zero-order valence-corrected chi connectivity index (χ0v) is 35.8. The minimum absolute atomic E-state index is 0.157. The number of H-pyrrole nitrogens is 2. The van der Waals surface area contributed by atoms with Gasteiger partial charge >= 0.3 is 32.9 Å². The number of fused-ring (bicyclic) bond motifs is 2. The molecule has 12 N–H and O–H groups in total. The second-order valence-corrected chi connectivity index (χ2v) is 18.8. The molecule has 0 saturated carbocycles. The third-order valence-corrected chi connectivity index (χ3v) is 12.1. The van der Waals surface area contributed by atoms with E-state index in [0.717, 1.165) is 4.90 Å². The van der Waals surface area contributed by atoms with Crippen LogP contribution in [0, 0.1) is 0 Å². The second-order valence-electron chi connectivity index (χ2n) is 15.8. The van der Waals surface area contributed by atoms with Gasteiger partial charge in [-0.05, 0) is 20.8 Å². The molecule has 4 unspecified atom stereocenters. The first kappa shape index (κ1) is 47.4. The molecule has 344 valence electrons. The normalized spacial score (nSPS) is 30.0. The Morgan fingerprint density at radius 3 is 1.52 bits per heavy atom. The lowest BCUT2D eigenvalue weighted by molar-refractivity contribution is -0.398. The molecular weight excluding hydrogens is 872 g/mol. The van der Waals surface area contributed by atoms with Gasteiger partial charge in [0.25, 0.3) is 11.4 Å². The highest BCUT2D eigenvalue weighted by atomic mass is 31.2. The van der Waals surface area contributed by atoms with E-state index < -0.39 is 139 Å². The van der Waals surface area contributed by atoms with Crippen LogP contribution in [0.1, 0.15) is 44.0 Å². The van der Waals surface area contributed by atoms with Gasteiger partial charge in [-0.25, -0.2) is 23.9 Å². The molecule has 62 heavy (non-hydrogen) atoms. The first-order valence-corrected chi connectivity index (χ1v) is 22.1. The maximum atomic E-state index is 13.0. The third kappa shape index (κ3) is 10.5. The van der Waals surface area contributed by atoms with Crippen molar-refractivity contribution in [2.75, 3.05) is 65.1 Å². The third-order valence-electron chi connectivity index (χ3n) is 10.2. The van der Waals surface area contributed by atoms with Crippen LogP contribution in [0.15, 0.2) is 9.59 Å². The average molecular weight is 924 g/mol. The Labute approximate surface area is 351 Å². The average Bonchev–Trinajstić information content (AvgIpc) is 3.85. The number of carbonyl (C=O) groups excluding carboxylic acids is 1. The maximum absolute atomic E-state index is 13.0. The summed E-state index contributed by atoms with van der Waals surface area (Å²) >= 11 is 0. The molecule has 0 spiro atoms. The molecule has 2 saturated heterocycles. The number of aromatic amines is 2. The van der Waals surface area contributed by atoms with Crippen molar-refractivity contribution in [1.82, 2.24) is 24.8 Å². The first-order valence-electron chi connectivity index (χ1n) is 19.1. The van der Waals surface area contributed by atoms with Gasteiger partial charge in [0, 0.05) is 13.1 Å². The van der Waals surface area contributed by atoms with E-state index in [-0.39, 0.29) is 34.7 Å². The lowest BCUT2D eigenvalue weighted by Crippen LogP contribution is -2.40. The van der Waals surface area contributed by atoms with Crippen LogP contribution in [0.5, 0.6) is 0 Å². The number of rotatable bonds is 16. The molecule has 2 fully saturated rings. The molecule has 4 aliphatic rings. The summed E-state index contributed by atoms with van der Waals surface area (Å²) in [6.07, 6.45) is -9.13. The molecule has 1 amide bonds. The number of anilines is 2. The predicted molar refractivity (Wildman–Crippen MR) is 210 cm³/mol. The number of nitrogens with two attached hydrogens (primary N) is 2. The van der Waals surface area contributed by atoms with Crippen LogP contribution in [-0.4, -0.2) is 191 Å². The molecule has 0 radical (unpaired) electrons. The summed E-state index contributed by atoms with van der Waals surface area (Å²) in [6, 6.07) is 0. The summed E-state index contributed by atoms with van der Waals surface area (Å²) < 4.78 is 65.7. The molecule has 2 aromatic rings. The van der Waals surface area contributed by atoms with E-state index in [2.05, 4.69) is 19.9 Å². The molecule has 6 heterocycles. The number of nitrogens with one attached hydrogen (secondary N) is 2. The largest absolute Gasteiger partial charge is 0.472 e. The summed E-state index contributed by atoms with van der Waals surface area (Å²) in [6.45, 7) is 1.09. The van der Waals surface area contributed by atoms with Crippen LogP contribution >= 0.6 is 15.6 Å². The van der Waals surface area contributed by atoms with Crippen molar-refractivity contribution >= 4 is 57.4 Å². The number of phosphoric ester groups is 2. The van der Waals surface area contributed by atoms with Crippen molar-refractivity contribution in [1.29, 1.82) is 0 Å². The fourth-order valence-electron chi connectivity index (χ4n) is 7.39. The van der Waals surface area contributed by atoms with Gasteiger partial charge in [0.1, 0.15) is 91.8 Å². The highest BCUT2D eigenvalue weighted by Gasteiger charge is 2.53. The van der Waals surface area contributed by atoms with Crippen molar-refractivity contribution in [3.8, 4) is 0 Å². The smallest absolute Gasteiger partial charge is 0.444 e. The highest BCUT2D eigenvalue weighted by Crippen LogP contribution is 2.46. The second kappa shape index (κ2) is 18.2. The quantitative estimate of drug-likeness (QED) is 0.0596. The van der Waals surface area contributed by atoms with E-state index in [4.69, 9.17) is 43.8 Å². The fourth-order valence-corrected chi connectivity index (χ4v) is 8.84. The van der Waals surface area contributed by atoms with Gasteiger partial charge in [0.15, 0.2) is 12.4 Å². The van der Waals surface area contributed by atoms with Crippen LogP contribution < -0.4 is 22.6 Å². The van der Waals surface area contributed by atoms with E-state index in [1.54, 1.807) is 34.9 Å². The van der Waals surface area contributed by atoms with E-state index in [0.29, 0.717) is 0 Å². The molecule has 0 aliphatic carbocycles. The summed E-state index contributed by atoms with van der Waals surface area (Å²) in [4.78, 5) is 72.7. The Morgan fingerprint density at radius 1 is 0.758 bits per heavy atom. The minimum Gasteiger partial charge on any atom is -0.444 e. The van der Waals surface area contributed by atoms with Crippen molar-refractivity contribution in [3.05, 3.63) is 32.1 Å². The number of nitrogens with zero attached hydrogens (tertiary/aromatic N) is 5. The van der Waals surface area contributed by atoms with Crippen molar-refractivity contribution in [3.63, 3.8) is 0 Å². The van der Waals surface area contributed by atoms with E-state index in [9.17, 15) is 53.7 Å². The number of carbonyl (C=O) groups is 1. The molecule has 0 bridgehead atoms. The SMILES string of the molecule is C[N+]1=CC([C@@H]2O[C@H](COP(=O)(O)OCCN(CCOP(=O)(O)OC[C@H]3O[C@@H](C4C=[N+](C)c5c4nc(N)[nH]c5=O)[C@H](O)[C@@H]3O)C(=O)OC(C)(C)C)[C@@H](O)[C@H]2O)c2nc(N)[nH]c(=O)c21. The summed E-state index contributed by atoms with van der Waals surface area (Å²) in [5.74, 6) is -2.01. The number of aliphatic hydroxyl groups excluding tert-OH is 4. The monoisotopic (exact) mass is 923 g/mol. The van der Waals surface area contributed by atoms with E-state index in [1.165, 1.54) is 21.6 Å². The number of ether oxygens (including phenoxy) is 3. The maximum Gasteiger partial charge on any atom is 0.472 e. The van der Waals surface area contributed by atoms with Crippen LogP contribution in [0.25, 0.3) is 0 Å². The van der Waals surface area contributed by atoms with Gasteiger partial charge < -0.3 is 60.8 Å². The Balaban J connectivity index is 0.987. The van der Waals surface area contributed by atoms with Crippen LogP contribution in [0.4, 0.5) is 28.1 Å². The van der Waals surface area contributed by atoms with Gasteiger partial charge in [0.05, 0.1) is 26.4 Å². The fraction of sp³-hybridized carbons (Fsp3) is 0.667.